The molecule has 0 N–H and O–H groups in total. The fraction of sp³-hybridized carbons (Fsp3) is 0.312. The van der Waals surface area contributed by atoms with E-state index in [1.165, 1.54) is 0 Å². The SMILES string of the molecule is CC(=O)c1ccc(OC(C)(C)C)c2ccccc12. The topological polar surface area (TPSA) is 26.3 Å². The van der Waals surface area contributed by atoms with Gasteiger partial charge in [0, 0.05) is 10.9 Å². The Balaban J connectivity index is 2.65. The Labute approximate surface area is 108 Å². The van der Waals surface area contributed by atoms with Crippen molar-refractivity contribution in [3.8, 4) is 5.75 Å². The maximum Gasteiger partial charge on any atom is 0.160 e. The highest BCUT2D eigenvalue weighted by atomic mass is 16.5. The van der Waals surface area contributed by atoms with Gasteiger partial charge in [0.15, 0.2) is 5.78 Å². The van der Waals surface area contributed by atoms with Crippen molar-refractivity contribution in [2.24, 2.45) is 0 Å². The van der Waals surface area contributed by atoms with Crippen LogP contribution in [0.15, 0.2) is 36.4 Å². The third-order valence-electron chi connectivity index (χ3n) is 2.68. The lowest BCUT2D eigenvalue weighted by atomic mass is 10.0. The van der Waals surface area contributed by atoms with Gasteiger partial charge in [-0.2, -0.15) is 0 Å². The monoisotopic (exact) mass is 242 g/mol. The van der Waals surface area contributed by atoms with Crippen LogP contribution < -0.4 is 4.74 Å². The molecule has 2 aromatic carbocycles. The Morgan fingerprint density at radius 1 is 1.00 bits per heavy atom. The fourth-order valence-corrected chi connectivity index (χ4v) is 2.00. The van der Waals surface area contributed by atoms with Gasteiger partial charge in [-0.15, -0.1) is 0 Å². The van der Waals surface area contributed by atoms with E-state index >= 15 is 0 Å². The number of ether oxygens (including phenoxy) is 1. The number of benzene rings is 2. The van der Waals surface area contributed by atoms with E-state index in [1.807, 2.05) is 57.2 Å². The van der Waals surface area contributed by atoms with Crippen molar-refractivity contribution in [3.63, 3.8) is 0 Å². The standard InChI is InChI=1S/C16H18O2/c1-11(17)12-9-10-15(18-16(2,3)4)14-8-6-5-7-13(12)14/h5-10H,1-4H3. The summed E-state index contributed by atoms with van der Waals surface area (Å²) in [5.74, 6) is 0.900. The average Bonchev–Trinajstić information content (AvgIpc) is 2.27. The highest BCUT2D eigenvalue weighted by Gasteiger charge is 2.15. The average molecular weight is 242 g/mol. The smallest absolute Gasteiger partial charge is 0.160 e. The van der Waals surface area contributed by atoms with E-state index in [0.717, 1.165) is 22.1 Å². The second kappa shape index (κ2) is 4.45. The normalized spacial score (nSPS) is 11.6. The molecule has 0 bridgehead atoms. The zero-order valence-electron chi connectivity index (χ0n) is 11.3. The van der Waals surface area contributed by atoms with Crippen LogP contribution in [0, 0.1) is 0 Å². The van der Waals surface area contributed by atoms with Gasteiger partial charge < -0.3 is 4.74 Å². The summed E-state index contributed by atoms with van der Waals surface area (Å²) in [5, 5.41) is 1.94. The van der Waals surface area contributed by atoms with Crippen molar-refractivity contribution in [3.05, 3.63) is 42.0 Å². The molecule has 0 spiro atoms. The van der Waals surface area contributed by atoms with Crippen LogP contribution >= 0.6 is 0 Å². The van der Waals surface area contributed by atoms with E-state index in [-0.39, 0.29) is 11.4 Å². The number of fused-ring (bicyclic) bond motifs is 1. The minimum Gasteiger partial charge on any atom is -0.488 e. The van der Waals surface area contributed by atoms with Crippen LogP contribution in [0.5, 0.6) is 5.75 Å². The molecule has 0 aromatic heterocycles. The number of carbonyl (C=O) groups is 1. The first kappa shape index (κ1) is 12.6. The maximum absolute atomic E-state index is 11.6. The van der Waals surface area contributed by atoms with Gasteiger partial charge in [0.05, 0.1) is 0 Å². The molecule has 0 aliphatic heterocycles. The van der Waals surface area contributed by atoms with Gasteiger partial charge in [0.2, 0.25) is 0 Å². The Morgan fingerprint density at radius 2 is 1.61 bits per heavy atom. The van der Waals surface area contributed by atoms with Crippen LogP contribution in [0.4, 0.5) is 0 Å². The number of hydrogen-bond donors (Lipinski definition) is 0. The highest BCUT2D eigenvalue weighted by molar-refractivity contribution is 6.08. The van der Waals surface area contributed by atoms with Gasteiger partial charge in [-0.05, 0) is 45.2 Å². The van der Waals surface area contributed by atoms with E-state index in [1.54, 1.807) is 6.92 Å². The molecule has 2 rings (SSSR count). The molecule has 0 heterocycles. The first-order valence-corrected chi connectivity index (χ1v) is 6.10. The molecular formula is C16H18O2. The molecule has 18 heavy (non-hydrogen) atoms. The molecule has 2 nitrogen and oxygen atoms in total. The van der Waals surface area contributed by atoms with Crippen LogP contribution in [-0.2, 0) is 0 Å². The minimum atomic E-state index is -0.249. The summed E-state index contributed by atoms with van der Waals surface area (Å²) in [6, 6.07) is 11.6. The summed E-state index contributed by atoms with van der Waals surface area (Å²) in [5.41, 5.74) is 0.493. The Bertz CT molecular complexity index is 592. The van der Waals surface area contributed by atoms with E-state index in [9.17, 15) is 4.79 Å². The maximum atomic E-state index is 11.6. The van der Waals surface area contributed by atoms with Crippen LogP contribution in [0.3, 0.4) is 0 Å². The lowest BCUT2D eigenvalue weighted by Gasteiger charge is -2.22. The van der Waals surface area contributed by atoms with Crippen molar-refractivity contribution in [2.45, 2.75) is 33.3 Å². The van der Waals surface area contributed by atoms with Crippen molar-refractivity contribution in [1.82, 2.24) is 0 Å². The third-order valence-corrected chi connectivity index (χ3v) is 2.68. The van der Waals surface area contributed by atoms with Gasteiger partial charge in [0.1, 0.15) is 11.4 Å². The molecular weight excluding hydrogens is 224 g/mol. The molecule has 2 aromatic rings. The Kier molecular flexibility index (Phi) is 3.12. The van der Waals surface area contributed by atoms with Gasteiger partial charge in [-0.1, -0.05) is 24.3 Å². The van der Waals surface area contributed by atoms with E-state index in [2.05, 4.69) is 0 Å². The number of Topliss-reactive ketones (excluding diaryl/α,β-unsaturated/α-hetero) is 1. The van der Waals surface area contributed by atoms with Crippen molar-refractivity contribution in [1.29, 1.82) is 0 Å². The molecule has 94 valence electrons. The van der Waals surface area contributed by atoms with Gasteiger partial charge in [0.25, 0.3) is 0 Å². The largest absolute Gasteiger partial charge is 0.488 e. The van der Waals surface area contributed by atoms with E-state index in [0.29, 0.717) is 0 Å². The Morgan fingerprint density at radius 3 is 2.17 bits per heavy atom. The number of ketones is 1. The number of carbonyl (C=O) groups excluding carboxylic acids is 1. The van der Waals surface area contributed by atoms with Crippen molar-refractivity contribution >= 4 is 16.6 Å². The molecule has 0 aliphatic rings. The van der Waals surface area contributed by atoms with E-state index in [4.69, 9.17) is 4.74 Å². The summed E-state index contributed by atoms with van der Waals surface area (Å²) in [6.07, 6.45) is 0. The molecule has 0 fully saturated rings. The summed E-state index contributed by atoms with van der Waals surface area (Å²) in [6.45, 7) is 7.63. The zero-order chi connectivity index (χ0) is 13.3. The van der Waals surface area contributed by atoms with Crippen LogP contribution in [0.1, 0.15) is 38.1 Å². The van der Waals surface area contributed by atoms with E-state index < -0.39 is 0 Å². The highest BCUT2D eigenvalue weighted by Crippen LogP contribution is 2.31. The third kappa shape index (κ3) is 2.53. The molecule has 0 atom stereocenters. The summed E-state index contributed by atoms with van der Waals surface area (Å²) in [4.78, 5) is 11.6. The van der Waals surface area contributed by atoms with Crippen molar-refractivity contribution in [2.75, 3.05) is 0 Å². The van der Waals surface area contributed by atoms with Crippen LogP contribution in [0.25, 0.3) is 10.8 Å². The number of rotatable bonds is 2. The fourth-order valence-electron chi connectivity index (χ4n) is 2.00. The molecule has 0 unspecified atom stereocenters. The molecule has 0 aliphatic carbocycles. The molecule has 0 amide bonds. The quantitative estimate of drug-likeness (QED) is 0.737. The van der Waals surface area contributed by atoms with Gasteiger partial charge in [-0.3, -0.25) is 4.79 Å². The summed E-state index contributed by atoms with van der Waals surface area (Å²) < 4.78 is 5.94. The molecule has 0 saturated heterocycles. The first-order chi connectivity index (χ1) is 8.38. The lowest BCUT2D eigenvalue weighted by molar-refractivity contribution is 0.101. The summed E-state index contributed by atoms with van der Waals surface area (Å²) >= 11 is 0. The Hall–Kier alpha value is -1.83. The van der Waals surface area contributed by atoms with Gasteiger partial charge in [-0.25, -0.2) is 0 Å². The zero-order valence-corrected chi connectivity index (χ0v) is 11.3. The van der Waals surface area contributed by atoms with Crippen LogP contribution in [-0.4, -0.2) is 11.4 Å². The van der Waals surface area contributed by atoms with Crippen molar-refractivity contribution < 1.29 is 9.53 Å². The molecule has 0 radical (unpaired) electrons. The van der Waals surface area contributed by atoms with Gasteiger partial charge >= 0.3 is 0 Å². The molecule has 2 heteroatoms. The predicted octanol–water partition coefficient (Wildman–Crippen LogP) is 4.22. The minimum absolute atomic E-state index is 0.0773. The first-order valence-electron chi connectivity index (χ1n) is 6.10. The molecule has 0 saturated carbocycles. The second-order valence-electron chi connectivity index (χ2n) is 5.43. The van der Waals surface area contributed by atoms with Crippen LogP contribution in [0.2, 0.25) is 0 Å². The summed E-state index contributed by atoms with van der Waals surface area (Å²) in [7, 11) is 0. The predicted molar refractivity (Wildman–Crippen MR) is 74.3 cm³/mol. The lowest BCUT2D eigenvalue weighted by Crippen LogP contribution is -2.23. The second-order valence-corrected chi connectivity index (χ2v) is 5.43. The number of hydrogen-bond acceptors (Lipinski definition) is 2.